The van der Waals surface area contributed by atoms with E-state index in [0.717, 1.165) is 23.3 Å². The van der Waals surface area contributed by atoms with Crippen molar-refractivity contribution >= 4 is 5.57 Å². The van der Waals surface area contributed by atoms with Gasteiger partial charge in [0.1, 0.15) is 0 Å². The minimum absolute atomic E-state index is 0.606. The lowest BCUT2D eigenvalue weighted by Crippen LogP contribution is -2.04. The van der Waals surface area contributed by atoms with Gasteiger partial charge in [0.15, 0.2) is 0 Å². The number of hydrogen-bond acceptors (Lipinski definition) is 0. The highest BCUT2D eigenvalue weighted by Gasteiger charge is 2.29. The first kappa shape index (κ1) is 10.8. The highest BCUT2D eigenvalue weighted by Crippen LogP contribution is 2.29. The number of rotatable bonds is 1. The van der Waals surface area contributed by atoms with Crippen LogP contribution in [0.3, 0.4) is 0 Å². The molecule has 0 bridgehead atoms. The Morgan fingerprint density at radius 1 is 1.14 bits per heavy atom. The molecule has 0 fully saturated rings. The second-order valence-corrected chi connectivity index (χ2v) is 3.05. The van der Waals surface area contributed by atoms with Crippen LogP contribution in [-0.4, -0.2) is 0 Å². The third-order valence-electron chi connectivity index (χ3n) is 2.10. The van der Waals surface area contributed by atoms with E-state index in [9.17, 15) is 13.2 Å². The lowest BCUT2D eigenvalue weighted by Gasteiger charge is -2.07. The predicted octanol–water partition coefficient (Wildman–Crippen LogP) is 4.13. The Kier molecular flexibility index (Phi) is 2.99. The van der Waals surface area contributed by atoms with Crippen molar-refractivity contribution in [2.24, 2.45) is 0 Å². The van der Waals surface area contributed by atoms with E-state index in [-0.39, 0.29) is 0 Å². The van der Waals surface area contributed by atoms with Crippen LogP contribution in [0.5, 0.6) is 0 Å². The number of alkyl halides is 3. The molecule has 0 atom stereocenters. The molecule has 0 aliphatic carbocycles. The van der Waals surface area contributed by atoms with Gasteiger partial charge in [-0.25, -0.2) is 0 Å². The molecule has 0 spiro atoms. The molecular weight excluding hydrogens is 189 g/mol. The topological polar surface area (TPSA) is 0 Å². The summed E-state index contributed by atoms with van der Waals surface area (Å²) in [6.45, 7) is 3.72. The molecule has 1 aromatic carbocycles. The first-order valence-electron chi connectivity index (χ1n) is 4.25. The Balaban J connectivity index is 3.01. The van der Waals surface area contributed by atoms with Crippen molar-refractivity contribution < 1.29 is 13.2 Å². The molecule has 0 aliphatic heterocycles. The number of hydrogen-bond donors (Lipinski definition) is 0. The molecule has 0 radical (unpaired) electrons. The molecule has 0 saturated heterocycles. The van der Waals surface area contributed by atoms with Gasteiger partial charge in [0.2, 0.25) is 0 Å². The van der Waals surface area contributed by atoms with Crippen LogP contribution in [0.1, 0.15) is 25.0 Å². The van der Waals surface area contributed by atoms with Gasteiger partial charge in [0.05, 0.1) is 5.56 Å². The van der Waals surface area contributed by atoms with Crippen LogP contribution in [0.4, 0.5) is 13.2 Å². The largest absolute Gasteiger partial charge is 0.416 e. The van der Waals surface area contributed by atoms with Crippen molar-refractivity contribution in [3.8, 4) is 0 Å². The predicted molar refractivity (Wildman–Crippen MR) is 50.8 cm³/mol. The smallest absolute Gasteiger partial charge is 0.166 e. The summed E-state index contributed by atoms with van der Waals surface area (Å²) < 4.78 is 36.6. The Bertz CT molecular complexity index is 331. The Morgan fingerprint density at radius 2 is 1.64 bits per heavy atom. The lowest BCUT2D eigenvalue weighted by atomic mass is 10.1. The number of benzene rings is 1. The summed E-state index contributed by atoms with van der Waals surface area (Å²) in [5, 5.41) is 0. The maximum absolute atomic E-state index is 12.2. The Labute approximate surface area is 81.1 Å². The maximum Gasteiger partial charge on any atom is 0.416 e. The molecule has 0 amide bonds. The van der Waals surface area contributed by atoms with Crippen LogP contribution in [-0.2, 0) is 6.18 Å². The Morgan fingerprint density at radius 3 is 2.00 bits per heavy atom. The number of halogens is 3. The quantitative estimate of drug-likeness (QED) is 0.639. The average Bonchev–Trinajstić information content (AvgIpc) is 2.15. The molecule has 3 heteroatoms. The minimum Gasteiger partial charge on any atom is -0.166 e. The first-order valence-corrected chi connectivity index (χ1v) is 4.25. The van der Waals surface area contributed by atoms with E-state index in [1.54, 1.807) is 0 Å². The van der Waals surface area contributed by atoms with Gasteiger partial charge in [0, 0.05) is 0 Å². The van der Waals surface area contributed by atoms with Crippen LogP contribution in [0.25, 0.3) is 5.57 Å². The summed E-state index contributed by atoms with van der Waals surface area (Å²) in [4.78, 5) is 0. The molecule has 0 aliphatic rings. The van der Waals surface area contributed by atoms with Gasteiger partial charge in [-0.15, -0.1) is 0 Å². The van der Waals surface area contributed by atoms with Crippen molar-refractivity contribution in [2.45, 2.75) is 20.0 Å². The summed E-state index contributed by atoms with van der Waals surface area (Å²) in [5.74, 6) is 0. The van der Waals surface area contributed by atoms with Gasteiger partial charge < -0.3 is 0 Å². The van der Waals surface area contributed by atoms with Crippen molar-refractivity contribution in [1.29, 1.82) is 0 Å². The van der Waals surface area contributed by atoms with Crippen molar-refractivity contribution in [3.05, 3.63) is 41.5 Å². The zero-order valence-electron chi connectivity index (χ0n) is 8.02. The molecule has 0 N–H and O–H groups in total. The van der Waals surface area contributed by atoms with Crippen LogP contribution in [0, 0.1) is 0 Å². The monoisotopic (exact) mass is 200 g/mol. The van der Waals surface area contributed by atoms with Gasteiger partial charge in [-0.2, -0.15) is 13.2 Å². The van der Waals surface area contributed by atoms with Crippen molar-refractivity contribution in [2.75, 3.05) is 0 Å². The van der Waals surface area contributed by atoms with Gasteiger partial charge in [-0.3, -0.25) is 0 Å². The van der Waals surface area contributed by atoms with E-state index in [4.69, 9.17) is 0 Å². The molecule has 0 heterocycles. The summed E-state index contributed by atoms with van der Waals surface area (Å²) in [5.41, 5.74) is 1.18. The van der Waals surface area contributed by atoms with E-state index < -0.39 is 11.7 Å². The third kappa shape index (κ3) is 2.37. The molecular formula is C11H11F3. The zero-order chi connectivity index (χ0) is 10.8. The summed E-state index contributed by atoms with van der Waals surface area (Å²) in [6.07, 6.45) is -2.38. The standard InChI is InChI=1S/C11H11F3/c1-3-8(2)9-4-6-10(7-5-9)11(12,13)14/h3-7H,1-2H3. The highest BCUT2D eigenvalue weighted by atomic mass is 19.4. The van der Waals surface area contributed by atoms with E-state index in [0.29, 0.717) is 0 Å². The summed E-state index contributed by atoms with van der Waals surface area (Å²) in [7, 11) is 0. The van der Waals surface area contributed by atoms with E-state index in [1.807, 2.05) is 19.9 Å². The van der Waals surface area contributed by atoms with E-state index in [2.05, 4.69) is 0 Å². The molecule has 1 aromatic rings. The fourth-order valence-electron chi connectivity index (χ4n) is 1.09. The van der Waals surface area contributed by atoms with E-state index >= 15 is 0 Å². The zero-order valence-corrected chi connectivity index (χ0v) is 8.02. The molecule has 0 saturated carbocycles. The maximum atomic E-state index is 12.2. The fraction of sp³-hybridized carbons (Fsp3) is 0.273. The summed E-state index contributed by atoms with van der Waals surface area (Å²) in [6, 6.07) is 5.17. The molecule has 0 nitrogen and oxygen atoms in total. The van der Waals surface area contributed by atoms with Crippen LogP contribution in [0.15, 0.2) is 30.3 Å². The first-order chi connectivity index (χ1) is 6.45. The molecule has 0 unspecified atom stereocenters. The van der Waals surface area contributed by atoms with Gasteiger partial charge >= 0.3 is 6.18 Å². The third-order valence-corrected chi connectivity index (χ3v) is 2.10. The second kappa shape index (κ2) is 3.86. The SMILES string of the molecule is CC=C(C)c1ccc(C(F)(F)F)cc1. The normalized spacial score (nSPS) is 13.1. The molecule has 14 heavy (non-hydrogen) atoms. The van der Waals surface area contributed by atoms with Gasteiger partial charge in [0.25, 0.3) is 0 Å². The lowest BCUT2D eigenvalue weighted by molar-refractivity contribution is -0.137. The minimum atomic E-state index is -4.25. The van der Waals surface area contributed by atoms with E-state index in [1.165, 1.54) is 12.1 Å². The van der Waals surface area contributed by atoms with Crippen LogP contribution >= 0.6 is 0 Å². The van der Waals surface area contributed by atoms with Crippen molar-refractivity contribution in [1.82, 2.24) is 0 Å². The van der Waals surface area contributed by atoms with Gasteiger partial charge in [-0.1, -0.05) is 18.2 Å². The number of allylic oxidation sites excluding steroid dienone is 2. The Hall–Kier alpha value is -1.25. The highest BCUT2D eigenvalue weighted by molar-refractivity contribution is 5.63. The van der Waals surface area contributed by atoms with Crippen LogP contribution < -0.4 is 0 Å². The van der Waals surface area contributed by atoms with Gasteiger partial charge in [-0.05, 0) is 37.1 Å². The molecule has 0 aromatic heterocycles. The summed E-state index contributed by atoms with van der Waals surface area (Å²) >= 11 is 0. The molecule has 76 valence electrons. The van der Waals surface area contributed by atoms with Crippen LogP contribution in [0.2, 0.25) is 0 Å². The second-order valence-electron chi connectivity index (χ2n) is 3.05. The van der Waals surface area contributed by atoms with Crippen molar-refractivity contribution in [3.63, 3.8) is 0 Å². The average molecular weight is 200 g/mol. The fourth-order valence-corrected chi connectivity index (χ4v) is 1.09. The molecule has 1 rings (SSSR count).